The molecule has 1 atom stereocenters. The van der Waals surface area contributed by atoms with Crippen LogP contribution in [0.5, 0.6) is 0 Å². The van der Waals surface area contributed by atoms with E-state index in [0.29, 0.717) is 18.1 Å². The summed E-state index contributed by atoms with van der Waals surface area (Å²) in [6, 6.07) is 12.4. The predicted molar refractivity (Wildman–Crippen MR) is 92.0 cm³/mol. The van der Waals surface area contributed by atoms with Crippen LogP contribution in [0.4, 0.5) is 0 Å². The number of amides is 1. The molecular formula is C18H18N4O3. The van der Waals surface area contributed by atoms with Gasteiger partial charge in [0.1, 0.15) is 5.56 Å². The number of aryl methyl sites for hydroxylation is 1. The molecule has 0 aliphatic heterocycles. The first-order chi connectivity index (χ1) is 12.0. The van der Waals surface area contributed by atoms with Crippen molar-refractivity contribution < 1.29 is 9.32 Å². The third-order valence-corrected chi connectivity index (χ3v) is 3.73. The number of nitrogens with zero attached hydrogens (tertiary/aromatic N) is 3. The monoisotopic (exact) mass is 338 g/mol. The standard InChI is InChI=1S/C18H18N4O3/c1-12(19-17(23)14-9-6-10-22(2)18(14)24)11-15-20-16(21-25-15)13-7-4-3-5-8-13/h3-10,12H,11H2,1-2H3,(H,19,23). The molecule has 0 bridgehead atoms. The highest BCUT2D eigenvalue weighted by atomic mass is 16.5. The van der Waals surface area contributed by atoms with Gasteiger partial charge in [-0.05, 0) is 19.1 Å². The second-order valence-corrected chi connectivity index (χ2v) is 5.79. The minimum Gasteiger partial charge on any atom is -0.349 e. The summed E-state index contributed by atoms with van der Waals surface area (Å²) >= 11 is 0. The van der Waals surface area contributed by atoms with Gasteiger partial charge < -0.3 is 14.4 Å². The summed E-state index contributed by atoms with van der Waals surface area (Å²) < 4.78 is 6.61. The van der Waals surface area contributed by atoms with Crippen molar-refractivity contribution in [3.8, 4) is 11.4 Å². The maximum Gasteiger partial charge on any atom is 0.263 e. The van der Waals surface area contributed by atoms with E-state index in [4.69, 9.17) is 4.52 Å². The maximum atomic E-state index is 12.3. The molecule has 2 heterocycles. The molecule has 1 unspecified atom stereocenters. The van der Waals surface area contributed by atoms with Crippen LogP contribution in [0.2, 0.25) is 0 Å². The second kappa shape index (κ2) is 7.12. The molecule has 128 valence electrons. The summed E-state index contributed by atoms with van der Waals surface area (Å²) in [6.45, 7) is 1.82. The van der Waals surface area contributed by atoms with Gasteiger partial charge in [-0.2, -0.15) is 4.98 Å². The van der Waals surface area contributed by atoms with E-state index in [1.54, 1.807) is 19.3 Å². The topological polar surface area (TPSA) is 90.0 Å². The molecule has 0 aliphatic rings. The van der Waals surface area contributed by atoms with Crippen molar-refractivity contribution in [2.45, 2.75) is 19.4 Å². The molecule has 0 aliphatic carbocycles. The van der Waals surface area contributed by atoms with E-state index in [-0.39, 0.29) is 17.2 Å². The summed E-state index contributed by atoms with van der Waals surface area (Å²) in [5.74, 6) is 0.509. The van der Waals surface area contributed by atoms with Crippen LogP contribution in [0.25, 0.3) is 11.4 Å². The van der Waals surface area contributed by atoms with Crippen LogP contribution in [0, 0.1) is 0 Å². The van der Waals surface area contributed by atoms with Gasteiger partial charge >= 0.3 is 0 Å². The number of nitrogens with one attached hydrogen (secondary N) is 1. The molecule has 0 saturated heterocycles. The van der Waals surface area contributed by atoms with Crippen molar-refractivity contribution >= 4 is 5.91 Å². The molecule has 0 saturated carbocycles. The number of benzene rings is 1. The van der Waals surface area contributed by atoms with Crippen molar-refractivity contribution in [3.05, 3.63) is 70.5 Å². The molecule has 1 amide bonds. The molecule has 3 aromatic rings. The smallest absolute Gasteiger partial charge is 0.263 e. The fraction of sp³-hybridized carbons (Fsp3) is 0.222. The summed E-state index contributed by atoms with van der Waals surface area (Å²) in [5.41, 5.74) is 0.630. The number of pyridine rings is 1. The van der Waals surface area contributed by atoms with Gasteiger partial charge in [0.2, 0.25) is 11.7 Å². The van der Waals surface area contributed by atoms with Crippen LogP contribution in [0.1, 0.15) is 23.2 Å². The summed E-state index contributed by atoms with van der Waals surface area (Å²) in [4.78, 5) is 28.6. The van der Waals surface area contributed by atoms with E-state index >= 15 is 0 Å². The van der Waals surface area contributed by atoms with Crippen molar-refractivity contribution in [3.63, 3.8) is 0 Å². The first-order valence-corrected chi connectivity index (χ1v) is 7.89. The fourth-order valence-electron chi connectivity index (χ4n) is 2.43. The van der Waals surface area contributed by atoms with E-state index < -0.39 is 5.91 Å². The number of hydrogen-bond donors (Lipinski definition) is 1. The highest BCUT2D eigenvalue weighted by Crippen LogP contribution is 2.15. The SMILES string of the molecule is CC(Cc1nc(-c2ccccc2)no1)NC(=O)c1cccn(C)c1=O. The molecule has 1 N–H and O–H groups in total. The van der Waals surface area contributed by atoms with Crippen LogP contribution in [-0.4, -0.2) is 26.7 Å². The van der Waals surface area contributed by atoms with Gasteiger partial charge in [-0.15, -0.1) is 0 Å². The molecule has 0 radical (unpaired) electrons. The van der Waals surface area contributed by atoms with Gasteiger partial charge in [0.25, 0.3) is 11.5 Å². The Hall–Kier alpha value is -3.22. The lowest BCUT2D eigenvalue weighted by molar-refractivity contribution is 0.0936. The zero-order valence-electron chi connectivity index (χ0n) is 14.0. The van der Waals surface area contributed by atoms with Gasteiger partial charge in [0.15, 0.2) is 0 Å². The molecule has 0 fully saturated rings. The van der Waals surface area contributed by atoms with Gasteiger partial charge in [-0.25, -0.2) is 0 Å². The van der Waals surface area contributed by atoms with Crippen molar-refractivity contribution in [2.24, 2.45) is 7.05 Å². The average Bonchev–Trinajstić information content (AvgIpc) is 3.06. The van der Waals surface area contributed by atoms with Crippen molar-refractivity contribution in [1.82, 2.24) is 20.0 Å². The first-order valence-electron chi connectivity index (χ1n) is 7.89. The molecule has 7 heteroatoms. The molecule has 2 aromatic heterocycles. The van der Waals surface area contributed by atoms with Gasteiger partial charge in [0.05, 0.1) is 0 Å². The lowest BCUT2D eigenvalue weighted by Gasteiger charge is -2.11. The van der Waals surface area contributed by atoms with E-state index in [9.17, 15) is 9.59 Å². The van der Waals surface area contributed by atoms with Gasteiger partial charge in [-0.1, -0.05) is 35.5 Å². The number of carbonyl (C=O) groups excluding carboxylic acids is 1. The Labute approximate surface area is 144 Å². The Kier molecular flexibility index (Phi) is 4.74. The Morgan fingerprint density at radius 1 is 1.24 bits per heavy atom. The lowest BCUT2D eigenvalue weighted by Crippen LogP contribution is -2.38. The summed E-state index contributed by atoms with van der Waals surface area (Å²) in [6.07, 6.45) is 1.98. The molecule has 7 nitrogen and oxygen atoms in total. The van der Waals surface area contributed by atoms with Crippen LogP contribution in [0.15, 0.2) is 58.0 Å². The normalized spacial score (nSPS) is 11.9. The Bertz CT molecular complexity index is 931. The van der Waals surface area contributed by atoms with Crippen LogP contribution < -0.4 is 10.9 Å². The van der Waals surface area contributed by atoms with Crippen molar-refractivity contribution in [2.75, 3.05) is 0 Å². The third kappa shape index (κ3) is 3.82. The molecule has 3 rings (SSSR count). The lowest BCUT2D eigenvalue weighted by atomic mass is 10.2. The highest BCUT2D eigenvalue weighted by Gasteiger charge is 2.17. The second-order valence-electron chi connectivity index (χ2n) is 5.79. The van der Waals surface area contributed by atoms with E-state index in [1.807, 2.05) is 37.3 Å². The van der Waals surface area contributed by atoms with Crippen molar-refractivity contribution in [1.29, 1.82) is 0 Å². The van der Waals surface area contributed by atoms with Gasteiger partial charge in [0, 0.05) is 31.3 Å². The number of hydrogen-bond acceptors (Lipinski definition) is 5. The van der Waals surface area contributed by atoms with Gasteiger partial charge in [-0.3, -0.25) is 9.59 Å². The number of rotatable bonds is 5. The third-order valence-electron chi connectivity index (χ3n) is 3.73. The van der Waals surface area contributed by atoms with Crippen LogP contribution in [-0.2, 0) is 13.5 Å². The minimum atomic E-state index is -0.420. The Morgan fingerprint density at radius 3 is 2.76 bits per heavy atom. The zero-order valence-corrected chi connectivity index (χ0v) is 14.0. The molecule has 0 spiro atoms. The quantitative estimate of drug-likeness (QED) is 0.766. The predicted octanol–water partition coefficient (Wildman–Crippen LogP) is 1.80. The fourth-order valence-corrected chi connectivity index (χ4v) is 2.43. The first kappa shape index (κ1) is 16.6. The molecule has 25 heavy (non-hydrogen) atoms. The average molecular weight is 338 g/mol. The molecule has 1 aromatic carbocycles. The summed E-state index contributed by atoms with van der Waals surface area (Å²) in [5, 5.41) is 6.73. The minimum absolute atomic E-state index is 0.104. The Balaban J connectivity index is 1.66. The zero-order chi connectivity index (χ0) is 17.8. The maximum absolute atomic E-state index is 12.3. The number of carbonyl (C=O) groups is 1. The highest BCUT2D eigenvalue weighted by molar-refractivity contribution is 5.93. The summed E-state index contributed by atoms with van der Waals surface area (Å²) in [7, 11) is 1.60. The number of aromatic nitrogens is 3. The molecular weight excluding hydrogens is 320 g/mol. The van der Waals surface area contributed by atoms with Crippen LogP contribution in [0.3, 0.4) is 0 Å². The Morgan fingerprint density at radius 2 is 2.00 bits per heavy atom. The van der Waals surface area contributed by atoms with Crippen LogP contribution >= 0.6 is 0 Å². The van der Waals surface area contributed by atoms with E-state index in [2.05, 4.69) is 15.5 Å². The largest absolute Gasteiger partial charge is 0.349 e. The van der Waals surface area contributed by atoms with E-state index in [0.717, 1.165) is 5.56 Å². The van der Waals surface area contributed by atoms with E-state index in [1.165, 1.54) is 10.6 Å².